The van der Waals surface area contributed by atoms with E-state index in [0.29, 0.717) is 18.6 Å². The number of hydrogen-bond acceptors (Lipinski definition) is 3. The summed E-state index contributed by atoms with van der Waals surface area (Å²) in [6, 6.07) is 8.80. The fourth-order valence-corrected chi connectivity index (χ4v) is 3.59. The molecular formula is C16H25BrN2O. The van der Waals surface area contributed by atoms with Gasteiger partial charge in [0.05, 0.1) is 0 Å². The molecule has 20 heavy (non-hydrogen) atoms. The molecule has 2 N–H and O–H groups in total. The molecule has 0 radical (unpaired) electrons. The Balaban J connectivity index is 1.89. The molecular weight excluding hydrogens is 316 g/mol. The Bertz CT molecular complexity index is 413. The smallest absolute Gasteiger partial charge is 0.0471 e. The minimum Gasteiger partial charge on any atom is -0.396 e. The normalized spacial score (nSPS) is 21.9. The van der Waals surface area contributed by atoms with Crippen LogP contribution in [0.5, 0.6) is 0 Å². The van der Waals surface area contributed by atoms with E-state index in [1.165, 1.54) is 29.4 Å². The summed E-state index contributed by atoms with van der Waals surface area (Å²) in [5.41, 5.74) is 1.32. The maximum absolute atomic E-state index is 9.30. The number of aliphatic hydroxyl groups is 1. The van der Waals surface area contributed by atoms with Gasteiger partial charge >= 0.3 is 0 Å². The summed E-state index contributed by atoms with van der Waals surface area (Å²) in [7, 11) is 2.02. The second kappa shape index (κ2) is 8.13. The summed E-state index contributed by atoms with van der Waals surface area (Å²) in [4.78, 5) is 2.49. The summed E-state index contributed by atoms with van der Waals surface area (Å²) < 4.78 is 1.17. The van der Waals surface area contributed by atoms with Gasteiger partial charge in [-0.15, -0.1) is 0 Å². The maximum atomic E-state index is 9.30. The van der Waals surface area contributed by atoms with Crippen LogP contribution in [0.1, 0.15) is 30.9 Å². The van der Waals surface area contributed by atoms with Crippen LogP contribution in [-0.2, 0) is 0 Å². The van der Waals surface area contributed by atoms with Crippen LogP contribution in [0.2, 0.25) is 0 Å². The summed E-state index contributed by atoms with van der Waals surface area (Å²) >= 11 is 3.64. The Labute approximate surface area is 130 Å². The van der Waals surface area contributed by atoms with Crippen molar-refractivity contribution in [2.45, 2.75) is 25.3 Å². The van der Waals surface area contributed by atoms with E-state index in [-0.39, 0.29) is 0 Å². The molecule has 1 fully saturated rings. The Morgan fingerprint density at radius 3 is 2.95 bits per heavy atom. The van der Waals surface area contributed by atoms with Crippen LogP contribution in [0, 0.1) is 5.92 Å². The highest BCUT2D eigenvalue weighted by atomic mass is 79.9. The zero-order chi connectivity index (χ0) is 14.4. The minimum atomic E-state index is 0.330. The molecule has 1 aliphatic rings. The highest BCUT2D eigenvalue weighted by Crippen LogP contribution is 2.26. The SMILES string of the molecule is CNC(CCN1CCCC(CO)C1)c1ccccc1Br. The van der Waals surface area contributed by atoms with Crippen molar-refractivity contribution in [3.8, 4) is 0 Å². The molecule has 1 aromatic rings. The number of hydrogen-bond donors (Lipinski definition) is 2. The first-order chi connectivity index (χ1) is 9.74. The van der Waals surface area contributed by atoms with Gasteiger partial charge in [-0.25, -0.2) is 0 Å². The Kier molecular flexibility index (Phi) is 6.49. The van der Waals surface area contributed by atoms with Crippen LogP contribution < -0.4 is 5.32 Å². The number of nitrogens with one attached hydrogen (secondary N) is 1. The van der Waals surface area contributed by atoms with Crippen LogP contribution >= 0.6 is 15.9 Å². The number of halogens is 1. The Hall–Kier alpha value is -0.420. The van der Waals surface area contributed by atoms with Crippen molar-refractivity contribution in [3.05, 3.63) is 34.3 Å². The third kappa shape index (κ3) is 4.29. The molecule has 2 unspecified atom stereocenters. The second-order valence-corrected chi connectivity index (χ2v) is 6.50. The van der Waals surface area contributed by atoms with E-state index in [0.717, 1.165) is 19.5 Å². The third-order valence-corrected chi connectivity index (χ3v) is 4.95. The van der Waals surface area contributed by atoms with Gasteiger partial charge in [-0.3, -0.25) is 0 Å². The average molecular weight is 341 g/mol. The van der Waals surface area contributed by atoms with Gasteiger partial charge in [0.25, 0.3) is 0 Å². The average Bonchev–Trinajstić information content (AvgIpc) is 2.49. The highest BCUT2D eigenvalue weighted by Gasteiger charge is 2.20. The number of aliphatic hydroxyl groups excluding tert-OH is 1. The summed E-state index contributed by atoms with van der Waals surface area (Å²) in [5.74, 6) is 0.472. The maximum Gasteiger partial charge on any atom is 0.0471 e. The lowest BCUT2D eigenvalue weighted by Crippen LogP contribution is -2.38. The van der Waals surface area contributed by atoms with Crippen molar-refractivity contribution in [2.75, 3.05) is 33.3 Å². The zero-order valence-electron chi connectivity index (χ0n) is 12.2. The monoisotopic (exact) mass is 340 g/mol. The molecule has 1 saturated heterocycles. The molecule has 0 spiro atoms. The van der Waals surface area contributed by atoms with Crippen molar-refractivity contribution in [2.24, 2.45) is 5.92 Å². The minimum absolute atomic E-state index is 0.330. The van der Waals surface area contributed by atoms with E-state index in [1.54, 1.807) is 0 Å². The first-order valence-corrected chi connectivity index (χ1v) is 8.28. The van der Waals surface area contributed by atoms with Gasteiger partial charge in [0.1, 0.15) is 0 Å². The van der Waals surface area contributed by atoms with E-state index < -0.39 is 0 Å². The van der Waals surface area contributed by atoms with Crippen LogP contribution in [0.25, 0.3) is 0 Å². The topological polar surface area (TPSA) is 35.5 Å². The summed E-state index contributed by atoms with van der Waals surface area (Å²) in [6.45, 7) is 3.63. The molecule has 0 aliphatic carbocycles. The van der Waals surface area contributed by atoms with Crippen LogP contribution in [0.15, 0.2) is 28.7 Å². The van der Waals surface area contributed by atoms with Gasteiger partial charge < -0.3 is 15.3 Å². The largest absolute Gasteiger partial charge is 0.396 e. The number of likely N-dealkylation sites (tertiary alicyclic amines) is 1. The quantitative estimate of drug-likeness (QED) is 0.835. The van der Waals surface area contributed by atoms with Gasteiger partial charge in [-0.2, -0.15) is 0 Å². The predicted octanol–water partition coefficient (Wildman–Crippen LogP) is 2.80. The van der Waals surface area contributed by atoms with Crippen LogP contribution in [0.4, 0.5) is 0 Å². The van der Waals surface area contributed by atoms with Gasteiger partial charge in [-0.05, 0) is 56.9 Å². The van der Waals surface area contributed by atoms with Crippen molar-refractivity contribution in [1.29, 1.82) is 0 Å². The number of rotatable bonds is 6. The van der Waals surface area contributed by atoms with Gasteiger partial charge in [0, 0.05) is 23.7 Å². The van der Waals surface area contributed by atoms with Gasteiger partial charge in [-0.1, -0.05) is 34.1 Å². The second-order valence-electron chi connectivity index (χ2n) is 5.64. The molecule has 3 nitrogen and oxygen atoms in total. The molecule has 1 aliphatic heterocycles. The molecule has 0 bridgehead atoms. The molecule has 2 atom stereocenters. The van der Waals surface area contributed by atoms with Crippen molar-refractivity contribution < 1.29 is 5.11 Å². The first kappa shape index (κ1) is 16.0. The van der Waals surface area contributed by atoms with Gasteiger partial charge in [0.2, 0.25) is 0 Å². The van der Waals surface area contributed by atoms with Crippen molar-refractivity contribution >= 4 is 15.9 Å². The van der Waals surface area contributed by atoms with Crippen molar-refractivity contribution in [1.82, 2.24) is 10.2 Å². The lowest BCUT2D eigenvalue weighted by molar-refractivity contribution is 0.117. The number of nitrogens with zero attached hydrogens (tertiary/aromatic N) is 1. The first-order valence-electron chi connectivity index (χ1n) is 7.49. The molecule has 1 aromatic carbocycles. The summed E-state index contributed by atoms with van der Waals surface area (Å²) in [6.07, 6.45) is 3.48. The van der Waals surface area contributed by atoms with Crippen LogP contribution in [0.3, 0.4) is 0 Å². The number of benzene rings is 1. The van der Waals surface area contributed by atoms with E-state index in [1.807, 2.05) is 7.05 Å². The standard InChI is InChI=1S/C16H25BrN2O/c1-18-16(14-6-2-3-7-15(14)17)8-10-19-9-4-5-13(11-19)12-20/h2-3,6-7,13,16,18,20H,4-5,8-12H2,1H3. The van der Waals surface area contributed by atoms with E-state index in [4.69, 9.17) is 0 Å². The third-order valence-electron chi connectivity index (χ3n) is 4.22. The summed E-state index contributed by atoms with van der Waals surface area (Å²) in [5, 5.41) is 12.7. The molecule has 1 heterocycles. The Morgan fingerprint density at radius 1 is 1.45 bits per heavy atom. The predicted molar refractivity (Wildman–Crippen MR) is 86.8 cm³/mol. The molecule has 0 aromatic heterocycles. The van der Waals surface area contributed by atoms with E-state index >= 15 is 0 Å². The van der Waals surface area contributed by atoms with Crippen molar-refractivity contribution in [3.63, 3.8) is 0 Å². The lowest BCUT2D eigenvalue weighted by atomic mass is 9.98. The Morgan fingerprint density at radius 2 is 2.25 bits per heavy atom. The molecule has 0 saturated carbocycles. The molecule has 0 amide bonds. The lowest BCUT2D eigenvalue weighted by Gasteiger charge is -2.32. The van der Waals surface area contributed by atoms with Gasteiger partial charge in [0.15, 0.2) is 0 Å². The zero-order valence-corrected chi connectivity index (χ0v) is 13.8. The van der Waals surface area contributed by atoms with E-state index in [9.17, 15) is 5.11 Å². The molecule has 2 rings (SSSR count). The molecule has 4 heteroatoms. The molecule has 112 valence electrons. The highest BCUT2D eigenvalue weighted by molar-refractivity contribution is 9.10. The van der Waals surface area contributed by atoms with Crippen LogP contribution in [-0.4, -0.2) is 43.3 Å². The fraction of sp³-hybridized carbons (Fsp3) is 0.625. The fourth-order valence-electron chi connectivity index (χ4n) is 3.03. The number of piperidine rings is 1. The van der Waals surface area contributed by atoms with E-state index in [2.05, 4.69) is 50.4 Å².